The highest BCUT2D eigenvalue weighted by Crippen LogP contribution is 2.24. The van der Waals surface area contributed by atoms with Gasteiger partial charge in [0, 0.05) is 42.0 Å². The fourth-order valence-electron chi connectivity index (χ4n) is 2.16. The van der Waals surface area contributed by atoms with Crippen LogP contribution in [0, 0.1) is 0 Å². The molecule has 4 nitrogen and oxygen atoms in total. The molecule has 3 rings (SSSR count). The largest absolute Gasteiger partial charge is 0.494 e. The van der Waals surface area contributed by atoms with E-state index >= 15 is 0 Å². The van der Waals surface area contributed by atoms with Crippen molar-refractivity contribution < 1.29 is 5.11 Å². The number of nitrogens with zero attached hydrogens (tertiary/aromatic N) is 2. The van der Waals surface area contributed by atoms with E-state index in [1.165, 1.54) is 0 Å². The summed E-state index contributed by atoms with van der Waals surface area (Å²) in [6, 6.07) is 13.6. The van der Waals surface area contributed by atoms with Crippen molar-refractivity contribution in [3.63, 3.8) is 0 Å². The summed E-state index contributed by atoms with van der Waals surface area (Å²) in [5.74, 6) is 0.160. The number of aromatic amines is 1. The molecule has 0 aliphatic rings. The van der Waals surface area contributed by atoms with E-state index in [1.807, 2.05) is 42.5 Å². The average molecular weight is 265 g/mol. The zero-order valence-corrected chi connectivity index (χ0v) is 11.0. The molecule has 4 heteroatoms. The lowest BCUT2D eigenvalue weighted by atomic mass is 10.2. The molecule has 0 saturated heterocycles. The maximum absolute atomic E-state index is 9.89. The Morgan fingerprint density at radius 3 is 2.85 bits per heavy atom. The van der Waals surface area contributed by atoms with E-state index in [0.717, 1.165) is 28.6 Å². The number of hydrogen-bond acceptors (Lipinski definition) is 3. The van der Waals surface area contributed by atoms with E-state index in [0.29, 0.717) is 6.54 Å². The number of aliphatic imine (C=N–C) groups is 1. The number of hydrogen-bond donors (Lipinski definition) is 2. The third-order valence-corrected chi connectivity index (χ3v) is 3.17. The molecular formula is C16H15N3O. The summed E-state index contributed by atoms with van der Waals surface area (Å²) in [5, 5.41) is 10.9. The van der Waals surface area contributed by atoms with Gasteiger partial charge >= 0.3 is 0 Å². The Hall–Kier alpha value is -2.62. The lowest BCUT2D eigenvalue weighted by Gasteiger charge is -1.96. The summed E-state index contributed by atoms with van der Waals surface area (Å²) < 4.78 is 0. The quantitative estimate of drug-likeness (QED) is 0.712. The lowest BCUT2D eigenvalue weighted by molar-refractivity contribution is 0.457. The van der Waals surface area contributed by atoms with Crippen LogP contribution in [-0.4, -0.2) is 27.8 Å². The van der Waals surface area contributed by atoms with E-state index in [9.17, 15) is 5.11 Å². The molecule has 0 atom stereocenters. The van der Waals surface area contributed by atoms with Gasteiger partial charge in [0.1, 0.15) is 0 Å². The van der Waals surface area contributed by atoms with Crippen molar-refractivity contribution in [3.05, 3.63) is 59.9 Å². The van der Waals surface area contributed by atoms with Crippen LogP contribution < -0.4 is 0 Å². The molecule has 3 aromatic rings. The molecule has 2 aromatic heterocycles. The molecule has 0 saturated carbocycles. The first-order chi connectivity index (χ1) is 9.84. The molecule has 20 heavy (non-hydrogen) atoms. The molecule has 0 fully saturated rings. The highest BCUT2D eigenvalue weighted by molar-refractivity contribution is 6.01. The Morgan fingerprint density at radius 2 is 2.00 bits per heavy atom. The predicted molar refractivity (Wildman–Crippen MR) is 80.4 cm³/mol. The van der Waals surface area contributed by atoms with E-state index in [2.05, 4.69) is 15.0 Å². The van der Waals surface area contributed by atoms with Crippen molar-refractivity contribution in [1.29, 1.82) is 0 Å². The summed E-state index contributed by atoms with van der Waals surface area (Å²) in [5.41, 5.74) is 2.67. The Morgan fingerprint density at radius 1 is 1.15 bits per heavy atom. The summed E-state index contributed by atoms with van der Waals surface area (Å²) in [4.78, 5) is 11.6. The third-order valence-electron chi connectivity index (χ3n) is 3.17. The minimum Gasteiger partial charge on any atom is -0.494 e. The van der Waals surface area contributed by atoms with E-state index < -0.39 is 0 Å². The van der Waals surface area contributed by atoms with Crippen molar-refractivity contribution in [2.45, 2.75) is 6.42 Å². The average Bonchev–Trinajstić information content (AvgIpc) is 2.80. The van der Waals surface area contributed by atoms with Gasteiger partial charge in [-0.25, -0.2) is 0 Å². The number of aromatic nitrogens is 2. The smallest absolute Gasteiger partial charge is 0.198 e. The Labute approximate surface area is 116 Å². The first kappa shape index (κ1) is 12.4. The Balaban J connectivity index is 1.73. The standard InChI is InChI=1S/C16H15N3O/c20-16-14(13-6-1-2-7-15(13)19-16)11-17-10-8-12-5-3-4-9-18-12/h1-7,9,11,19-20H,8,10H2. The maximum atomic E-state index is 9.89. The molecule has 0 spiro atoms. The minimum atomic E-state index is 0.160. The van der Waals surface area contributed by atoms with Gasteiger partial charge in [-0.2, -0.15) is 0 Å². The number of para-hydroxylation sites is 1. The first-order valence-electron chi connectivity index (χ1n) is 6.54. The van der Waals surface area contributed by atoms with Crippen molar-refractivity contribution in [3.8, 4) is 5.88 Å². The van der Waals surface area contributed by atoms with Gasteiger partial charge in [0.15, 0.2) is 5.88 Å². The van der Waals surface area contributed by atoms with Gasteiger partial charge in [0.25, 0.3) is 0 Å². The molecule has 0 aliphatic carbocycles. The van der Waals surface area contributed by atoms with Crippen molar-refractivity contribution >= 4 is 17.1 Å². The molecule has 1 aromatic carbocycles. The van der Waals surface area contributed by atoms with Crippen molar-refractivity contribution in [2.75, 3.05) is 6.54 Å². The SMILES string of the molecule is Oc1[nH]c2ccccc2c1C=NCCc1ccccn1. The second-order valence-electron chi connectivity index (χ2n) is 4.54. The van der Waals surface area contributed by atoms with Crippen LogP contribution in [0.1, 0.15) is 11.3 Å². The third kappa shape index (κ3) is 2.54. The number of pyridine rings is 1. The molecule has 2 N–H and O–H groups in total. The minimum absolute atomic E-state index is 0.160. The fourth-order valence-corrected chi connectivity index (χ4v) is 2.16. The van der Waals surface area contributed by atoms with Crippen LogP contribution in [0.3, 0.4) is 0 Å². The molecule has 0 aliphatic heterocycles. The number of nitrogens with one attached hydrogen (secondary N) is 1. The van der Waals surface area contributed by atoms with E-state index in [1.54, 1.807) is 12.4 Å². The second-order valence-corrected chi connectivity index (χ2v) is 4.54. The van der Waals surface area contributed by atoms with Crippen molar-refractivity contribution in [2.24, 2.45) is 4.99 Å². The summed E-state index contributed by atoms with van der Waals surface area (Å²) >= 11 is 0. The highest BCUT2D eigenvalue weighted by atomic mass is 16.3. The summed E-state index contributed by atoms with van der Waals surface area (Å²) in [7, 11) is 0. The fraction of sp³-hybridized carbons (Fsp3) is 0.125. The molecule has 100 valence electrons. The van der Waals surface area contributed by atoms with Gasteiger partial charge in [0.05, 0.1) is 5.56 Å². The zero-order valence-electron chi connectivity index (χ0n) is 11.0. The molecule has 0 radical (unpaired) electrons. The molecule has 0 amide bonds. The first-order valence-corrected chi connectivity index (χ1v) is 6.54. The molecule has 0 bridgehead atoms. The van der Waals surface area contributed by atoms with E-state index in [-0.39, 0.29) is 5.88 Å². The van der Waals surface area contributed by atoms with Crippen LogP contribution in [0.25, 0.3) is 10.9 Å². The van der Waals surface area contributed by atoms with Crippen LogP contribution in [0.15, 0.2) is 53.7 Å². The monoisotopic (exact) mass is 265 g/mol. The zero-order chi connectivity index (χ0) is 13.8. The Kier molecular flexibility index (Phi) is 3.46. The summed E-state index contributed by atoms with van der Waals surface area (Å²) in [6.07, 6.45) is 4.29. The van der Waals surface area contributed by atoms with E-state index in [4.69, 9.17) is 0 Å². The second kappa shape index (κ2) is 5.57. The van der Waals surface area contributed by atoms with Crippen LogP contribution in [-0.2, 0) is 6.42 Å². The molecule has 2 heterocycles. The number of aromatic hydroxyl groups is 1. The number of fused-ring (bicyclic) bond motifs is 1. The van der Waals surface area contributed by atoms with Gasteiger partial charge in [-0.15, -0.1) is 0 Å². The topological polar surface area (TPSA) is 61.3 Å². The summed E-state index contributed by atoms with van der Waals surface area (Å²) in [6.45, 7) is 0.649. The lowest BCUT2D eigenvalue weighted by Crippen LogP contribution is -1.93. The number of H-pyrrole nitrogens is 1. The van der Waals surface area contributed by atoms with Crippen LogP contribution in [0.4, 0.5) is 0 Å². The van der Waals surface area contributed by atoms with Crippen LogP contribution >= 0.6 is 0 Å². The normalized spacial score (nSPS) is 11.4. The number of rotatable bonds is 4. The highest BCUT2D eigenvalue weighted by Gasteiger charge is 2.07. The van der Waals surface area contributed by atoms with Gasteiger partial charge in [-0.3, -0.25) is 9.98 Å². The van der Waals surface area contributed by atoms with Gasteiger partial charge in [0.2, 0.25) is 0 Å². The molecular weight excluding hydrogens is 250 g/mol. The Bertz CT molecular complexity index is 732. The van der Waals surface area contributed by atoms with Crippen molar-refractivity contribution in [1.82, 2.24) is 9.97 Å². The number of benzene rings is 1. The van der Waals surface area contributed by atoms with Gasteiger partial charge < -0.3 is 10.1 Å². The predicted octanol–water partition coefficient (Wildman–Crippen LogP) is 2.93. The van der Waals surface area contributed by atoms with Crippen LogP contribution in [0.5, 0.6) is 5.88 Å². The molecule has 0 unspecified atom stereocenters. The van der Waals surface area contributed by atoms with Gasteiger partial charge in [-0.1, -0.05) is 24.3 Å². The maximum Gasteiger partial charge on any atom is 0.198 e. The van der Waals surface area contributed by atoms with Crippen LogP contribution in [0.2, 0.25) is 0 Å². The van der Waals surface area contributed by atoms with Gasteiger partial charge in [-0.05, 0) is 18.2 Å².